The molecule has 7 heteroatoms. The zero-order chi connectivity index (χ0) is 21.4. The molecule has 0 unspecified atom stereocenters. The Morgan fingerprint density at radius 1 is 1.20 bits per heavy atom. The number of aryl methyl sites for hydroxylation is 2. The average molecular weight is 428 g/mol. The van der Waals surface area contributed by atoms with Crippen molar-refractivity contribution in [3.8, 4) is 11.1 Å². The van der Waals surface area contributed by atoms with Gasteiger partial charge in [0, 0.05) is 23.5 Å². The predicted octanol–water partition coefficient (Wildman–Crippen LogP) is 4.67. The summed E-state index contributed by atoms with van der Waals surface area (Å²) in [6, 6.07) is 6.38. The van der Waals surface area contributed by atoms with Crippen molar-refractivity contribution in [2.45, 2.75) is 58.5 Å². The number of carbonyl (C=O) groups is 1. The number of aromatic nitrogens is 2. The van der Waals surface area contributed by atoms with E-state index < -0.39 is 0 Å². The number of hydrogen-bond acceptors (Lipinski definition) is 4. The van der Waals surface area contributed by atoms with Crippen LogP contribution in [0.2, 0.25) is 0 Å². The summed E-state index contributed by atoms with van der Waals surface area (Å²) >= 11 is 1.45. The van der Waals surface area contributed by atoms with Gasteiger partial charge in [-0.1, -0.05) is 31.4 Å². The third-order valence-electron chi connectivity index (χ3n) is 6.12. The van der Waals surface area contributed by atoms with E-state index in [-0.39, 0.29) is 29.9 Å². The van der Waals surface area contributed by atoms with E-state index in [1.807, 2.05) is 14.0 Å². The lowest BCUT2D eigenvalue weighted by atomic mass is 9.94. The first kappa shape index (κ1) is 20.7. The maximum Gasteiger partial charge on any atom is 0.263 e. The van der Waals surface area contributed by atoms with E-state index in [4.69, 9.17) is 0 Å². The van der Waals surface area contributed by atoms with Crippen LogP contribution in [0.1, 0.15) is 42.8 Å². The highest BCUT2D eigenvalue weighted by molar-refractivity contribution is 7.19. The van der Waals surface area contributed by atoms with Crippen molar-refractivity contribution in [3.05, 3.63) is 51.1 Å². The minimum absolute atomic E-state index is 0.0155. The standard InChI is InChI=1S/C23H26FN3O2S/c1-14-20(16-9-11-17(24)12-10-16)21-22(30-14)25-15(2)27(23(21)29)13-19(28)26(3)18-7-5-4-6-8-18/h9-12,18H,4-8,13H2,1-3H3. The molecule has 4 rings (SSSR count). The van der Waals surface area contributed by atoms with E-state index >= 15 is 0 Å². The third kappa shape index (κ3) is 3.78. The van der Waals surface area contributed by atoms with Crippen LogP contribution in [0.25, 0.3) is 21.3 Å². The Balaban J connectivity index is 1.74. The smallest absolute Gasteiger partial charge is 0.263 e. The number of likely N-dealkylation sites (N-methyl/N-ethyl adjacent to an activating group) is 1. The molecular formula is C23H26FN3O2S. The van der Waals surface area contributed by atoms with Gasteiger partial charge in [-0.25, -0.2) is 9.37 Å². The number of carbonyl (C=O) groups excluding carboxylic acids is 1. The number of amides is 1. The second-order valence-corrected chi connectivity index (χ2v) is 9.27. The van der Waals surface area contributed by atoms with Gasteiger partial charge in [0.15, 0.2) is 0 Å². The molecule has 158 valence electrons. The van der Waals surface area contributed by atoms with Crippen LogP contribution in [0.15, 0.2) is 29.1 Å². The van der Waals surface area contributed by atoms with Gasteiger partial charge in [-0.3, -0.25) is 14.2 Å². The summed E-state index contributed by atoms with van der Waals surface area (Å²) in [6.07, 6.45) is 5.55. The van der Waals surface area contributed by atoms with Gasteiger partial charge in [0.1, 0.15) is 23.0 Å². The van der Waals surface area contributed by atoms with Gasteiger partial charge in [-0.15, -0.1) is 11.3 Å². The highest BCUT2D eigenvalue weighted by atomic mass is 32.1. The van der Waals surface area contributed by atoms with Crippen molar-refractivity contribution in [2.24, 2.45) is 0 Å². The lowest BCUT2D eigenvalue weighted by Crippen LogP contribution is -2.42. The van der Waals surface area contributed by atoms with Crippen LogP contribution in [0.5, 0.6) is 0 Å². The molecule has 3 aromatic rings. The summed E-state index contributed by atoms with van der Waals surface area (Å²) in [5.74, 6) is 0.145. The molecule has 5 nitrogen and oxygen atoms in total. The Labute approximate surface area is 179 Å². The number of nitrogens with zero attached hydrogens (tertiary/aromatic N) is 3. The molecule has 30 heavy (non-hydrogen) atoms. The maximum absolute atomic E-state index is 13.4. The first-order valence-corrected chi connectivity index (χ1v) is 11.2. The second-order valence-electron chi connectivity index (χ2n) is 8.07. The SMILES string of the molecule is Cc1sc2nc(C)n(CC(=O)N(C)C3CCCCC3)c(=O)c2c1-c1ccc(F)cc1. The van der Waals surface area contributed by atoms with Crippen molar-refractivity contribution in [2.75, 3.05) is 7.05 Å². The van der Waals surface area contributed by atoms with Gasteiger partial charge in [0.25, 0.3) is 5.56 Å². The molecule has 0 spiro atoms. The molecule has 0 atom stereocenters. The molecule has 1 saturated carbocycles. The normalized spacial score (nSPS) is 14.9. The van der Waals surface area contributed by atoms with Gasteiger partial charge < -0.3 is 4.90 Å². The molecule has 0 aliphatic heterocycles. The first-order chi connectivity index (χ1) is 14.4. The zero-order valence-electron chi connectivity index (χ0n) is 17.6. The van der Waals surface area contributed by atoms with E-state index in [1.165, 1.54) is 34.5 Å². The first-order valence-electron chi connectivity index (χ1n) is 10.4. The van der Waals surface area contributed by atoms with Gasteiger partial charge >= 0.3 is 0 Å². The molecule has 1 aromatic carbocycles. The summed E-state index contributed by atoms with van der Waals surface area (Å²) in [6.45, 7) is 3.69. The van der Waals surface area contributed by atoms with Crippen molar-refractivity contribution in [3.63, 3.8) is 0 Å². The number of fused-ring (bicyclic) bond motifs is 1. The van der Waals surface area contributed by atoms with E-state index in [9.17, 15) is 14.0 Å². The predicted molar refractivity (Wildman–Crippen MR) is 118 cm³/mol. The van der Waals surface area contributed by atoms with Crippen LogP contribution >= 0.6 is 11.3 Å². The Morgan fingerprint density at radius 2 is 1.87 bits per heavy atom. The number of thiophene rings is 1. The maximum atomic E-state index is 13.4. The fourth-order valence-electron chi connectivity index (χ4n) is 4.37. The van der Waals surface area contributed by atoms with Crippen LogP contribution < -0.4 is 5.56 Å². The van der Waals surface area contributed by atoms with E-state index in [2.05, 4.69) is 4.98 Å². The van der Waals surface area contributed by atoms with E-state index in [1.54, 1.807) is 24.0 Å². The molecule has 1 fully saturated rings. The monoisotopic (exact) mass is 427 g/mol. The molecule has 0 radical (unpaired) electrons. The molecule has 1 aliphatic carbocycles. The molecule has 0 bridgehead atoms. The lowest BCUT2D eigenvalue weighted by Gasteiger charge is -2.31. The fourth-order valence-corrected chi connectivity index (χ4v) is 5.45. The second kappa shape index (κ2) is 8.30. The Hall–Kier alpha value is -2.54. The Morgan fingerprint density at radius 3 is 2.53 bits per heavy atom. The third-order valence-corrected chi connectivity index (χ3v) is 7.12. The van der Waals surface area contributed by atoms with Crippen LogP contribution in [-0.2, 0) is 11.3 Å². The Kier molecular flexibility index (Phi) is 5.73. The number of halogens is 1. The quantitative estimate of drug-likeness (QED) is 0.608. The van der Waals surface area contributed by atoms with Gasteiger partial charge in [0.2, 0.25) is 5.91 Å². The minimum Gasteiger partial charge on any atom is -0.341 e. The summed E-state index contributed by atoms with van der Waals surface area (Å²) in [4.78, 5) is 34.4. The number of benzene rings is 1. The van der Waals surface area contributed by atoms with Crippen molar-refractivity contribution in [1.29, 1.82) is 0 Å². The highest BCUT2D eigenvalue weighted by Crippen LogP contribution is 2.35. The number of rotatable bonds is 4. The topological polar surface area (TPSA) is 55.2 Å². The fraction of sp³-hybridized carbons (Fsp3) is 0.435. The highest BCUT2D eigenvalue weighted by Gasteiger charge is 2.24. The van der Waals surface area contributed by atoms with Crippen molar-refractivity contribution in [1.82, 2.24) is 14.5 Å². The summed E-state index contributed by atoms with van der Waals surface area (Å²) in [7, 11) is 1.84. The summed E-state index contributed by atoms with van der Waals surface area (Å²) < 4.78 is 14.9. The van der Waals surface area contributed by atoms with Gasteiger partial charge in [0.05, 0.1) is 5.39 Å². The molecule has 1 amide bonds. The van der Waals surface area contributed by atoms with Crippen LogP contribution in [0, 0.1) is 19.7 Å². The lowest BCUT2D eigenvalue weighted by molar-refractivity contribution is -0.133. The largest absolute Gasteiger partial charge is 0.341 e. The van der Waals surface area contributed by atoms with Crippen LogP contribution in [0.3, 0.4) is 0 Å². The molecule has 0 N–H and O–H groups in total. The van der Waals surface area contributed by atoms with E-state index in [0.717, 1.165) is 41.7 Å². The van der Waals surface area contributed by atoms with E-state index in [0.29, 0.717) is 16.0 Å². The average Bonchev–Trinajstić information content (AvgIpc) is 3.07. The molecule has 0 saturated heterocycles. The Bertz CT molecular complexity index is 1140. The molecule has 2 aromatic heterocycles. The zero-order valence-corrected chi connectivity index (χ0v) is 18.4. The van der Waals surface area contributed by atoms with Crippen molar-refractivity contribution < 1.29 is 9.18 Å². The summed E-state index contributed by atoms with van der Waals surface area (Å²) in [5.41, 5.74) is 1.33. The van der Waals surface area contributed by atoms with Crippen LogP contribution in [-0.4, -0.2) is 33.4 Å². The van der Waals surface area contributed by atoms with Gasteiger partial charge in [-0.2, -0.15) is 0 Å². The molecular weight excluding hydrogens is 401 g/mol. The molecule has 1 aliphatic rings. The van der Waals surface area contributed by atoms with Gasteiger partial charge in [-0.05, 0) is 44.4 Å². The summed E-state index contributed by atoms with van der Waals surface area (Å²) in [5, 5.41) is 0.503. The van der Waals surface area contributed by atoms with Crippen molar-refractivity contribution >= 4 is 27.5 Å². The molecule has 2 heterocycles. The number of hydrogen-bond donors (Lipinski definition) is 0. The minimum atomic E-state index is -0.321. The van der Waals surface area contributed by atoms with Crippen LogP contribution in [0.4, 0.5) is 4.39 Å².